The van der Waals surface area contributed by atoms with Crippen molar-refractivity contribution in [2.45, 2.75) is 17.9 Å². The second kappa shape index (κ2) is 8.13. The summed E-state index contributed by atoms with van der Waals surface area (Å²) in [6.45, 7) is 1.93. The molecule has 0 aliphatic heterocycles. The average molecular weight is 363 g/mol. The lowest BCUT2D eigenvalue weighted by Crippen LogP contribution is -2.27. The number of nitrogens with one attached hydrogen (secondary N) is 1. The molecule has 0 amide bonds. The Morgan fingerprint density at radius 3 is 2.00 bits per heavy atom. The van der Waals surface area contributed by atoms with Crippen LogP contribution in [0.3, 0.4) is 0 Å². The SMILES string of the molecule is Cc1ccc(S(=O)(=O)N[C@@H](/C=C\c2ccccc2)c2ccccc2)cc1. The van der Waals surface area contributed by atoms with Gasteiger partial charge in [0.25, 0.3) is 0 Å². The number of aryl methyl sites for hydroxylation is 1. The van der Waals surface area contributed by atoms with Gasteiger partial charge in [0.05, 0.1) is 10.9 Å². The topological polar surface area (TPSA) is 46.2 Å². The predicted molar refractivity (Wildman–Crippen MR) is 106 cm³/mol. The Morgan fingerprint density at radius 1 is 0.808 bits per heavy atom. The van der Waals surface area contributed by atoms with Gasteiger partial charge < -0.3 is 0 Å². The van der Waals surface area contributed by atoms with Crippen molar-refractivity contribution in [3.63, 3.8) is 0 Å². The molecule has 3 aromatic carbocycles. The molecule has 3 nitrogen and oxygen atoms in total. The van der Waals surface area contributed by atoms with Crippen LogP contribution in [0.4, 0.5) is 0 Å². The molecule has 0 saturated heterocycles. The van der Waals surface area contributed by atoms with Crippen molar-refractivity contribution >= 4 is 16.1 Å². The molecule has 3 aromatic rings. The molecule has 0 unspecified atom stereocenters. The first-order chi connectivity index (χ1) is 12.5. The van der Waals surface area contributed by atoms with Crippen molar-refractivity contribution in [2.75, 3.05) is 0 Å². The Kier molecular flexibility index (Phi) is 5.66. The van der Waals surface area contributed by atoms with E-state index < -0.39 is 16.1 Å². The Hall–Kier alpha value is -2.69. The van der Waals surface area contributed by atoms with E-state index >= 15 is 0 Å². The van der Waals surface area contributed by atoms with Crippen LogP contribution in [0.15, 0.2) is 95.9 Å². The summed E-state index contributed by atoms with van der Waals surface area (Å²) >= 11 is 0. The highest BCUT2D eigenvalue weighted by atomic mass is 32.2. The lowest BCUT2D eigenvalue weighted by atomic mass is 10.1. The van der Waals surface area contributed by atoms with Crippen molar-refractivity contribution in [3.05, 3.63) is 108 Å². The second-order valence-electron chi connectivity index (χ2n) is 6.09. The predicted octanol–water partition coefficient (Wildman–Crippen LogP) is 4.73. The van der Waals surface area contributed by atoms with Crippen molar-refractivity contribution in [1.82, 2.24) is 4.72 Å². The van der Waals surface area contributed by atoms with Gasteiger partial charge in [0, 0.05) is 0 Å². The van der Waals surface area contributed by atoms with Crippen LogP contribution in [0.2, 0.25) is 0 Å². The number of benzene rings is 3. The van der Waals surface area contributed by atoms with Crippen molar-refractivity contribution in [2.24, 2.45) is 0 Å². The first-order valence-electron chi connectivity index (χ1n) is 8.42. The lowest BCUT2D eigenvalue weighted by Gasteiger charge is -2.16. The van der Waals surface area contributed by atoms with E-state index in [1.807, 2.05) is 79.7 Å². The highest BCUT2D eigenvalue weighted by molar-refractivity contribution is 7.89. The van der Waals surface area contributed by atoms with Gasteiger partial charge >= 0.3 is 0 Å². The van der Waals surface area contributed by atoms with Crippen LogP contribution in [0.25, 0.3) is 6.08 Å². The summed E-state index contributed by atoms with van der Waals surface area (Å²) in [6, 6.07) is 25.7. The third kappa shape index (κ3) is 4.69. The van der Waals surface area contributed by atoms with Gasteiger partial charge in [0.2, 0.25) is 10.0 Å². The molecule has 1 N–H and O–H groups in total. The molecule has 0 fully saturated rings. The lowest BCUT2D eigenvalue weighted by molar-refractivity contribution is 0.574. The summed E-state index contributed by atoms with van der Waals surface area (Å²) in [5.74, 6) is 0. The van der Waals surface area contributed by atoms with Crippen LogP contribution in [0.1, 0.15) is 22.7 Å². The first-order valence-corrected chi connectivity index (χ1v) is 9.90. The number of hydrogen-bond donors (Lipinski definition) is 1. The summed E-state index contributed by atoms with van der Waals surface area (Å²) in [5, 5.41) is 0. The molecular formula is C22H21NO2S. The molecule has 0 aliphatic carbocycles. The average Bonchev–Trinajstić information content (AvgIpc) is 2.67. The molecule has 0 bridgehead atoms. The zero-order valence-electron chi connectivity index (χ0n) is 14.5. The van der Waals surface area contributed by atoms with Crippen molar-refractivity contribution in [3.8, 4) is 0 Å². The van der Waals surface area contributed by atoms with Crippen LogP contribution >= 0.6 is 0 Å². The van der Waals surface area contributed by atoms with Crippen LogP contribution in [-0.2, 0) is 10.0 Å². The van der Waals surface area contributed by atoms with Crippen molar-refractivity contribution < 1.29 is 8.42 Å². The zero-order valence-corrected chi connectivity index (χ0v) is 15.4. The molecule has 0 saturated carbocycles. The maximum absolute atomic E-state index is 12.8. The number of rotatable bonds is 6. The van der Waals surface area contributed by atoms with Crippen LogP contribution in [-0.4, -0.2) is 8.42 Å². The quantitative estimate of drug-likeness (QED) is 0.688. The maximum atomic E-state index is 12.8. The highest BCUT2D eigenvalue weighted by Crippen LogP contribution is 2.20. The third-order valence-electron chi connectivity index (χ3n) is 4.05. The van der Waals surface area contributed by atoms with Crippen molar-refractivity contribution in [1.29, 1.82) is 0 Å². The standard InChI is InChI=1S/C22H21NO2S/c1-18-12-15-21(16-13-18)26(24,25)23-22(20-10-6-3-7-11-20)17-14-19-8-4-2-5-9-19/h2-17,22-23H,1H3/b17-14-/t22-/m0/s1. The van der Waals surface area contributed by atoms with Gasteiger partial charge in [-0.15, -0.1) is 0 Å². The van der Waals surface area contributed by atoms with Crippen LogP contribution < -0.4 is 4.72 Å². The minimum atomic E-state index is -3.63. The molecule has 0 aliphatic rings. The summed E-state index contributed by atoms with van der Waals surface area (Å²) in [7, 11) is -3.63. The molecule has 3 rings (SSSR count). The van der Waals surface area contributed by atoms with E-state index in [-0.39, 0.29) is 4.90 Å². The van der Waals surface area contributed by atoms with Gasteiger partial charge in [-0.3, -0.25) is 0 Å². The monoisotopic (exact) mass is 363 g/mol. The normalized spacial score (nSPS) is 13.0. The van der Waals surface area contributed by atoms with Gasteiger partial charge in [0.1, 0.15) is 0 Å². The Bertz CT molecular complexity index is 964. The molecule has 4 heteroatoms. The molecule has 0 aromatic heterocycles. The molecule has 132 valence electrons. The van der Waals surface area contributed by atoms with E-state index in [0.29, 0.717) is 0 Å². The van der Waals surface area contributed by atoms with E-state index in [0.717, 1.165) is 16.7 Å². The largest absolute Gasteiger partial charge is 0.241 e. The molecule has 1 atom stereocenters. The summed E-state index contributed by atoms with van der Waals surface area (Å²) in [4.78, 5) is 0.261. The minimum absolute atomic E-state index is 0.261. The van der Waals surface area contributed by atoms with Gasteiger partial charge in [-0.2, -0.15) is 4.72 Å². The molecule has 26 heavy (non-hydrogen) atoms. The Morgan fingerprint density at radius 2 is 1.38 bits per heavy atom. The smallest absolute Gasteiger partial charge is 0.207 e. The fourth-order valence-electron chi connectivity index (χ4n) is 2.60. The molecule has 0 spiro atoms. The molecule has 0 radical (unpaired) electrons. The second-order valence-corrected chi connectivity index (χ2v) is 7.81. The summed E-state index contributed by atoms with van der Waals surface area (Å²) in [6.07, 6.45) is 3.80. The Labute approximate surface area is 155 Å². The van der Waals surface area contributed by atoms with E-state index in [2.05, 4.69) is 4.72 Å². The fraction of sp³-hybridized carbons (Fsp3) is 0.0909. The highest BCUT2D eigenvalue weighted by Gasteiger charge is 2.19. The molecular weight excluding hydrogens is 342 g/mol. The van der Waals surface area contributed by atoms with E-state index in [1.165, 1.54) is 0 Å². The summed E-state index contributed by atoms with van der Waals surface area (Å²) < 4.78 is 28.4. The van der Waals surface area contributed by atoms with E-state index in [9.17, 15) is 8.42 Å². The Balaban J connectivity index is 1.91. The third-order valence-corrected chi connectivity index (χ3v) is 5.51. The van der Waals surface area contributed by atoms with Gasteiger partial charge in [-0.1, -0.05) is 90.5 Å². The van der Waals surface area contributed by atoms with Gasteiger partial charge in [-0.05, 0) is 30.2 Å². The zero-order chi connectivity index (χ0) is 18.4. The maximum Gasteiger partial charge on any atom is 0.241 e. The summed E-state index contributed by atoms with van der Waals surface area (Å²) in [5.41, 5.74) is 2.92. The van der Waals surface area contributed by atoms with Gasteiger partial charge in [0.15, 0.2) is 0 Å². The first kappa shape index (κ1) is 18.1. The van der Waals surface area contributed by atoms with E-state index in [1.54, 1.807) is 24.3 Å². The number of sulfonamides is 1. The van der Waals surface area contributed by atoms with Gasteiger partial charge in [-0.25, -0.2) is 8.42 Å². The fourth-order valence-corrected chi connectivity index (χ4v) is 3.78. The van der Waals surface area contributed by atoms with Crippen LogP contribution in [0, 0.1) is 6.92 Å². The van der Waals surface area contributed by atoms with E-state index in [4.69, 9.17) is 0 Å². The number of hydrogen-bond acceptors (Lipinski definition) is 2. The van der Waals surface area contributed by atoms with Crippen LogP contribution in [0.5, 0.6) is 0 Å². The molecule has 0 heterocycles. The minimum Gasteiger partial charge on any atom is -0.207 e.